The van der Waals surface area contributed by atoms with E-state index in [-0.39, 0.29) is 11.8 Å². The average molecular weight is 362 g/mol. The van der Waals surface area contributed by atoms with Gasteiger partial charge in [-0.15, -0.1) is 0 Å². The third-order valence-electron chi connectivity index (χ3n) is 8.66. The number of alkyl halides is 2. The molecule has 4 aliphatic rings. The van der Waals surface area contributed by atoms with Crippen LogP contribution >= 0.6 is 0 Å². The summed E-state index contributed by atoms with van der Waals surface area (Å²) in [5.74, 6) is 3.77. The third kappa shape index (κ3) is 4.17. The van der Waals surface area contributed by atoms with E-state index < -0.39 is 18.2 Å². The summed E-state index contributed by atoms with van der Waals surface area (Å²) in [5.41, 5.74) is 0. The number of hydrogen-bond donors (Lipinski definition) is 0. The second-order valence-corrected chi connectivity index (χ2v) is 10.5. The lowest BCUT2D eigenvalue weighted by atomic mass is 9.59. The molecule has 3 heteroatoms. The first-order valence-electron chi connectivity index (χ1n) is 11.6. The van der Waals surface area contributed by atoms with Gasteiger partial charge in [0.15, 0.2) is 0 Å². The summed E-state index contributed by atoms with van der Waals surface area (Å²) in [4.78, 5) is 0. The van der Waals surface area contributed by atoms with Gasteiger partial charge in [-0.05, 0) is 92.2 Å². The Morgan fingerprint density at radius 1 is 0.692 bits per heavy atom. The van der Waals surface area contributed by atoms with Crippen LogP contribution in [0, 0.1) is 41.4 Å². The van der Waals surface area contributed by atoms with Crippen LogP contribution in [0.15, 0.2) is 0 Å². The minimum absolute atomic E-state index is 0.0972. The maximum atomic E-state index is 14.7. The quantitative estimate of drug-likeness (QED) is 0.489. The van der Waals surface area contributed by atoms with Crippen LogP contribution in [-0.2, 0) is 0 Å². The van der Waals surface area contributed by atoms with Crippen LogP contribution in [-0.4, -0.2) is 20.2 Å². The van der Waals surface area contributed by atoms with E-state index in [2.05, 4.69) is 6.92 Å². The van der Waals surface area contributed by atoms with Gasteiger partial charge in [-0.1, -0.05) is 39.0 Å². The van der Waals surface area contributed by atoms with Gasteiger partial charge in [0.1, 0.15) is 12.3 Å². The molecule has 0 aliphatic heterocycles. The van der Waals surface area contributed by atoms with Gasteiger partial charge in [-0.25, -0.2) is 8.78 Å². The van der Waals surface area contributed by atoms with E-state index in [0.717, 1.165) is 36.5 Å². The van der Waals surface area contributed by atoms with E-state index in [1.165, 1.54) is 57.8 Å². The molecule has 0 aromatic carbocycles. The fourth-order valence-electron chi connectivity index (χ4n) is 6.92. The largest absolute Gasteiger partial charge is 0.245 e. The lowest BCUT2D eigenvalue weighted by Crippen LogP contribution is -2.44. The topological polar surface area (TPSA) is 0 Å². The molecule has 0 heterocycles. The van der Waals surface area contributed by atoms with Gasteiger partial charge in [0.05, 0.1) is 7.85 Å². The van der Waals surface area contributed by atoms with Gasteiger partial charge in [0, 0.05) is 0 Å². The van der Waals surface area contributed by atoms with Crippen LogP contribution in [0.1, 0.15) is 84.0 Å². The molecule has 0 spiro atoms. The van der Waals surface area contributed by atoms with Gasteiger partial charge in [-0.2, -0.15) is 0 Å². The van der Waals surface area contributed by atoms with E-state index >= 15 is 0 Å². The minimum atomic E-state index is -1.45. The summed E-state index contributed by atoms with van der Waals surface area (Å²) in [5, 5.41) is 0. The van der Waals surface area contributed by atoms with Crippen LogP contribution in [0.2, 0.25) is 5.82 Å². The summed E-state index contributed by atoms with van der Waals surface area (Å²) in [6.07, 6.45) is 12.8. The smallest absolute Gasteiger partial charge is 0.134 e. The number of rotatable bonds is 4. The second kappa shape index (κ2) is 8.12. The fourth-order valence-corrected chi connectivity index (χ4v) is 6.92. The van der Waals surface area contributed by atoms with Crippen LogP contribution in [0.4, 0.5) is 8.78 Å². The Kier molecular flexibility index (Phi) is 6.01. The first-order valence-corrected chi connectivity index (χ1v) is 11.6. The van der Waals surface area contributed by atoms with E-state index in [1.54, 1.807) is 0 Å². The molecule has 5 unspecified atom stereocenters. The van der Waals surface area contributed by atoms with Crippen LogP contribution < -0.4 is 0 Å². The zero-order chi connectivity index (χ0) is 18.3. The minimum Gasteiger partial charge on any atom is -0.245 e. The van der Waals surface area contributed by atoms with Crippen molar-refractivity contribution in [1.29, 1.82) is 0 Å². The molecule has 0 nitrogen and oxygen atoms in total. The Labute approximate surface area is 160 Å². The molecule has 0 amide bonds. The molecular formula is C23H37BF2. The molecule has 0 N–H and O–H groups in total. The van der Waals surface area contributed by atoms with Crippen molar-refractivity contribution in [2.24, 2.45) is 41.4 Å². The van der Waals surface area contributed by atoms with Crippen molar-refractivity contribution in [3.8, 4) is 0 Å². The predicted molar refractivity (Wildman–Crippen MR) is 105 cm³/mol. The Bertz CT molecular complexity index is 449. The Balaban J connectivity index is 1.25. The second-order valence-electron chi connectivity index (χ2n) is 10.5. The predicted octanol–water partition coefficient (Wildman–Crippen LogP) is 6.69. The zero-order valence-electron chi connectivity index (χ0n) is 16.6. The maximum absolute atomic E-state index is 14.7. The monoisotopic (exact) mass is 362 g/mol. The summed E-state index contributed by atoms with van der Waals surface area (Å²) < 4.78 is 28.8. The molecule has 4 saturated carbocycles. The lowest BCUT2D eigenvalue weighted by Gasteiger charge is -2.45. The molecule has 2 radical (unpaired) electrons. The zero-order valence-corrected chi connectivity index (χ0v) is 16.6. The van der Waals surface area contributed by atoms with Crippen molar-refractivity contribution in [2.75, 3.05) is 0 Å². The van der Waals surface area contributed by atoms with Gasteiger partial charge in [0.2, 0.25) is 0 Å². The molecule has 0 bridgehead atoms. The van der Waals surface area contributed by atoms with Crippen molar-refractivity contribution < 1.29 is 8.78 Å². The molecular weight excluding hydrogens is 325 g/mol. The molecule has 4 fully saturated rings. The number of halogens is 2. The van der Waals surface area contributed by atoms with Crippen molar-refractivity contribution in [2.45, 2.75) is 102 Å². The molecule has 4 aliphatic carbocycles. The van der Waals surface area contributed by atoms with E-state index in [9.17, 15) is 8.78 Å². The summed E-state index contributed by atoms with van der Waals surface area (Å²) in [6.45, 7) is 2.09. The van der Waals surface area contributed by atoms with Crippen LogP contribution in [0.5, 0.6) is 0 Å². The average Bonchev–Trinajstić information content (AvgIpc) is 3.45. The van der Waals surface area contributed by atoms with Crippen molar-refractivity contribution in [3.05, 3.63) is 0 Å². The van der Waals surface area contributed by atoms with E-state index in [0.29, 0.717) is 12.3 Å². The van der Waals surface area contributed by atoms with E-state index in [1.807, 2.05) is 0 Å². The molecule has 4 rings (SSSR count). The highest BCUT2D eigenvalue weighted by Crippen LogP contribution is 2.50. The SMILES string of the molecule is [B]C1CC(C)C(C2CCC(C3CCC(CC4CC4)CC3)CC2)C(F)C1F. The standard InChI is InChI=1S/C23H37BF2/c1-14-12-20(24)22(25)23(26)21(14)19-10-8-18(9-11-19)17-6-4-16(5-7-17)13-15-2-3-15/h14-23H,2-13H2,1H3. The summed E-state index contributed by atoms with van der Waals surface area (Å²) >= 11 is 0. The van der Waals surface area contributed by atoms with Crippen molar-refractivity contribution >= 4 is 7.85 Å². The molecule has 0 aromatic rings. The summed E-state index contributed by atoms with van der Waals surface area (Å²) in [7, 11) is 5.80. The molecule has 0 saturated heterocycles. The first-order chi connectivity index (χ1) is 12.5. The molecule has 26 heavy (non-hydrogen) atoms. The fraction of sp³-hybridized carbons (Fsp3) is 1.00. The van der Waals surface area contributed by atoms with Gasteiger partial charge >= 0.3 is 0 Å². The molecule has 5 atom stereocenters. The Hall–Kier alpha value is -0.0751. The lowest BCUT2D eigenvalue weighted by molar-refractivity contribution is -0.0138. The van der Waals surface area contributed by atoms with Crippen LogP contribution in [0.25, 0.3) is 0 Å². The molecule has 146 valence electrons. The van der Waals surface area contributed by atoms with Gasteiger partial charge < -0.3 is 0 Å². The summed E-state index contributed by atoms with van der Waals surface area (Å²) in [6, 6.07) is 0. The van der Waals surface area contributed by atoms with Crippen molar-refractivity contribution in [1.82, 2.24) is 0 Å². The Morgan fingerprint density at radius 2 is 1.15 bits per heavy atom. The first kappa shape index (κ1) is 19.3. The third-order valence-corrected chi connectivity index (χ3v) is 8.66. The van der Waals surface area contributed by atoms with E-state index in [4.69, 9.17) is 7.85 Å². The normalized spacial score (nSPS) is 50.5. The van der Waals surface area contributed by atoms with Crippen molar-refractivity contribution in [3.63, 3.8) is 0 Å². The Morgan fingerprint density at radius 3 is 1.69 bits per heavy atom. The number of hydrogen-bond acceptors (Lipinski definition) is 0. The maximum Gasteiger partial charge on any atom is 0.134 e. The highest BCUT2D eigenvalue weighted by molar-refractivity contribution is 6.12. The van der Waals surface area contributed by atoms with Gasteiger partial charge in [-0.3, -0.25) is 0 Å². The molecule has 0 aromatic heterocycles. The van der Waals surface area contributed by atoms with Gasteiger partial charge in [0.25, 0.3) is 0 Å². The van der Waals surface area contributed by atoms with Crippen LogP contribution in [0.3, 0.4) is 0 Å². The highest BCUT2D eigenvalue weighted by Gasteiger charge is 2.46. The highest BCUT2D eigenvalue weighted by atomic mass is 19.2.